The van der Waals surface area contributed by atoms with Gasteiger partial charge in [-0.15, -0.1) is 0 Å². The van der Waals surface area contributed by atoms with E-state index in [-0.39, 0.29) is 0 Å². The van der Waals surface area contributed by atoms with Gasteiger partial charge in [0, 0.05) is 5.56 Å². The largest absolute Gasteiger partial charge is 0.497 e. The molecule has 1 saturated carbocycles. The van der Waals surface area contributed by atoms with Crippen LogP contribution in [0.1, 0.15) is 63.8 Å². The summed E-state index contributed by atoms with van der Waals surface area (Å²) in [6.07, 6.45) is 9.92. The van der Waals surface area contributed by atoms with Crippen molar-refractivity contribution in [1.29, 1.82) is 0 Å². The molecule has 3 rings (SSSR count). The second-order valence-electron chi connectivity index (χ2n) is 7.86. The van der Waals surface area contributed by atoms with Crippen molar-refractivity contribution < 1.29 is 13.9 Å². The first-order valence-electron chi connectivity index (χ1n) is 10.5. The molecule has 0 spiro atoms. The molecule has 2 atom stereocenters. The highest BCUT2D eigenvalue weighted by Crippen LogP contribution is 2.31. The van der Waals surface area contributed by atoms with Crippen molar-refractivity contribution in [3.05, 3.63) is 47.4 Å². The van der Waals surface area contributed by atoms with Crippen LogP contribution in [0.4, 0.5) is 0 Å². The summed E-state index contributed by atoms with van der Waals surface area (Å²) in [7, 11) is 1.66. The van der Waals surface area contributed by atoms with Crippen molar-refractivity contribution in [1.82, 2.24) is 4.98 Å². The Kier molecular flexibility index (Phi) is 7.32. The van der Waals surface area contributed by atoms with E-state index in [2.05, 4.69) is 24.9 Å². The van der Waals surface area contributed by atoms with Crippen LogP contribution in [-0.4, -0.2) is 18.2 Å². The lowest BCUT2D eigenvalue weighted by Gasteiger charge is -2.28. The number of oxazole rings is 1. The molecule has 4 heteroatoms. The Balaban J connectivity index is 1.58. The van der Waals surface area contributed by atoms with Gasteiger partial charge in [0.05, 0.1) is 19.8 Å². The highest BCUT2D eigenvalue weighted by molar-refractivity contribution is 5.56. The Morgan fingerprint density at radius 1 is 1.32 bits per heavy atom. The summed E-state index contributed by atoms with van der Waals surface area (Å²) < 4.78 is 17.4. The zero-order chi connectivity index (χ0) is 19.9. The van der Waals surface area contributed by atoms with Crippen LogP contribution in [0.2, 0.25) is 0 Å². The van der Waals surface area contributed by atoms with E-state index in [0.29, 0.717) is 18.6 Å². The Morgan fingerprint density at radius 3 is 2.96 bits per heavy atom. The van der Waals surface area contributed by atoms with Gasteiger partial charge in [-0.25, -0.2) is 4.98 Å². The third-order valence-electron chi connectivity index (χ3n) is 5.76. The number of hydrogen-bond acceptors (Lipinski definition) is 4. The third-order valence-corrected chi connectivity index (χ3v) is 5.76. The van der Waals surface area contributed by atoms with Gasteiger partial charge in [-0.3, -0.25) is 0 Å². The fourth-order valence-electron chi connectivity index (χ4n) is 3.76. The maximum absolute atomic E-state index is 6.24. The maximum Gasteiger partial charge on any atom is 0.226 e. The standard InChI is InChI=1S/C24H33NO3/c1-5-17(2)12-13-19-8-6-11-22(14-19)27-16-23-18(3)28-24(25-23)20-9-7-10-21(15-20)26-4/h7,9-10,12,15,19,22H,5-6,8,11,13-14,16H2,1-4H3/b17-12-. The summed E-state index contributed by atoms with van der Waals surface area (Å²) in [5.41, 5.74) is 3.30. The van der Waals surface area contributed by atoms with Crippen LogP contribution in [-0.2, 0) is 11.3 Å². The molecule has 1 fully saturated rings. The van der Waals surface area contributed by atoms with Crippen LogP contribution in [0, 0.1) is 12.8 Å². The third kappa shape index (κ3) is 5.48. The molecule has 2 unspecified atom stereocenters. The SMILES string of the molecule is CC/C(C)=C\CC1CCCC(OCc2nc(-c3cccc(OC)c3)oc2C)C1. The fourth-order valence-corrected chi connectivity index (χ4v) is 3.76. The van der Waals surface area contributed by atoms with E-state index < -0.39 is 0 Å². The average Bonchev–Trinajstić information content (AvgIpc) is 3.11. The molecule has 0 N–H and O–H groups in total. The number of benzene rings is 1. The molecule has 1 aromatic carbocycles. The summed E-state index contributed by atoms with van der Waals surface area (Å²) in [5, 5.41) is 0. The number of ether oxygens (including phenoxy) is 2. The minimum absolute atomic E-state index is 0.324. The molecule has 152 valence electrons. The molecule has 0 amide bonds. The average molecular weight is 384 g/mol. The minimum Gasteiger partial charge on any atom is -0.497 e. The summed E-state index contributed by atoms with van der Waals surface area (Å²) >= 11 is 0. The summed E-state index contributed by atoms with van der Waals surface area (Å²) in [5.74, 6) is 2.99. The van der Waals surface area contributed by atoms with Gasteiger partial charge in [-0.2, -0.15) is 0 Å². The first kappa shape index (κ1) is 20.7. The van der Waals surface area contributed by atoms with Crippen LogP contribution >= 0.6 is 0 Å². The number of aromatic nitrogens is 1. The lowest BCUT2D eigenvalue weighted by Crippen LogP contribution is -2.22. The second kappa shape index (κ2) is 9.92. The van der Waals surface area contributed by atoms with Crippen molar-refractivity contribution in [2.24, 2.45) is 5.92 Å². The quantitative estimate of drug-likeness (QED) is 0.489. The molecule has 0 radical (unpaired) electrons. The zero-order valence-corrected chi connectivity index (χ0v) is 17.7. The maximum atomic E-state index is 6.24. The Bertz CT molecular complexity index is 793. The van der Waals surface area contributed by atoms with Gasteiger partial charge in [0.1, 0.15) is 17.2 Å². The number of nitrogens with zero attached hydrogens (tertiary/aromatic N) is 1. The van der Waals surface area contributed by atoms with Crippen molar-refractivity contribution in [2.75, 3.05) is 7.11 Å². The molecule has 28 heavy (non-hydrogen) atoms. The van der Waals surface area contributed by atoms with Gasteiger partial charge < -0.3 is 13.9 Å². The molecule has 1 aliphatic rings. The molecule has 1 heterocycles. The number of hydrogen-bond donors (Lipinski definition) is 0. The first-order valence-corrected chi connectivity index (χ1v) is 10.5. The molecular weight excluding hydrogens is 350 g/mol. The van der Waals surface area contributed by atoms with Crippen molar-refractivity contribution >= 4 is 0 Å². The van der Waals surface area contributed by atoms with Gasteiger partial charge in [0.25, 0.3) is 0 Å². The van der Waals surface area contributed by atoms with E-state index in [1.54, 1.807) is 7.11 Å². The Labute approximate surface area is 169 Å². The van der Waals surface area contributed by atoms with Crippen molar-refractivity contribution in [2.45, 2.75) is 72.0 Å². The lowest BCUT2D eigenvalue weighted by atomic mass is 9.84. The summed E-state index contributed by atoms with van der Waals surface area (Å²) in [6.45, 7) is 6.92. The van der Waals surface area contributed by atoms with Crippen LogP contribution in [0.3, 0.4) is 0 Å². The van der Waals surface area contributed by atoms with Crippen molar-refractivity contribution in [3.63, 3.8) is 0 Å². The Morgan fingerprint density at radius 2 is 2.18 bits per heavy atom. The van der Waals surface area contributed by atoms with E-state index in [0.717, 1.165) is 47.9 Å². The predicted molar refractivity (Wildman–Crippen MR) is 112 cm³/mol. The summed E-state index contributed by atoms with van der Waals surface area (Å²) in [6, 6.07) is 7.78. The number of aryl methyl sites for hydroxylation is 1. The molecule has 4 nitrogen and oxygen atoms in total. The number of methoxy groups -OCH3 is 1. The monoisotopic (exact) mass is 383 g/mol. The smallest absolute Gasteiger partial charge is 0.226 e. The second-order valence-corrected chi connectivity index (χ2v) is 7.86. The van der Waals surface area contributed by atoms with Gasteiger partial charge in [-0.1, -0.05) is 31.1 Å². The Hall–Kier alpha value is -2.07. The number of rotatable bonds is 8. The molecule has 0 saturated heterocycles. The lowest BCUT2D eigenvalue weighted by molar-refractivity contribution is 0.000908. The predicted octanol–water partition coefficient (Wildman–Crippen LogP) is 6.48. The van der Waals surface area contributed by atoms with Crippen LogP contribution in [0.15, 0.2) is 40.3 Å². The van der Waals surface area contributed by atoms with Gasteiger partial charge >= 0.3 is 0 Å². The topological polar surface area (TPSA) is 44.5 Å². The first-order chi connectivity index (χ1) is 13.6. The highest BCUT2D eigenvalue weighted by Gasteiger charge is 2.23. The van der Waals surface area contributed by atoms with E-state index in [1.165, 1.54) is 24.8 Å². The number of allylic oxidation sites excluding steroid dienone is 2. The minimum atomic E-state index is 0.324. The normalized spacial score (nSPS) is 20.4. The van der Waals surface area contributed by atoms with E-state index in [1.807, 2.05) is 31.2 Å². The van der Waals surface area contributed by atoms with E-state index >= 15 is 0 Å². The fraction of sp³-hybridized carbons (Fsp3) is 0.542. The zero-order valence-electron chi connectivity index (χ0n) is 17.7. The van der Waals surface area contributed by atoms with Gasteiger partial charge in [-0.05, 0) is 70.1 Å². The van der Waals surface area contributed by atoms with Crippen LogP contribution < -0.4 is 4.74 Å². The van der Waals surface area contributed by atoms with E-state index in [4.69, 9.17) is 13.9 Å². The molecule has 2 aromatic rings. The molecule has 1 aromatic heterocycles. The molecular formula is C24H33NO3. The van der Waals surface area contributed by atoms with Crippen molar-refractivity contribution in [3.8, 4) is 17.2 Å². The molecule has 1 aliphatic carbocycles. The molecule has 0 bridgehead atoms. The molecule has 0 aliphatic heterocycles. The summed E-state index contributed by atoms with van der Waals surface area (Å²) in [4.78, 5) is 4.67. The van der Waals surface area contributed by atoms with Gasteiger partial charge in [0.15, 0.2) is 0 Å². The van der Waals surface area contributed by atoms with Gasteiger partial charge in [0.2, 0.25) is 5.89 Å². The van der Waals surface area contributed by atoms with Crippen LogP contribution in [0.5, 0.6) is 5.75 Å². The highest BCUT2D eigenvalue weighted by atomic mass is 16.5. The van der Waals surface area contributed by atoms with Crippen LogP contribution in [0.25, 0.3) is 11.5 Å². The van der Waals surface area contributed by atoms with E-state index in [9.17, 15) is 0 Å².